The molecule has 1 amide bonds. The minimum Gasteiger partial charge on any atom is -0.504 e. The van der Waals surface area contributed by atoms with Crippen LogP contribution in [-0.4, -0.2) is 37.6 Å². The van der Waals surface area contributed by atoms with Gasteiger partial charge in [0.25, 0.3) is 5.91 Å². The highest BCUT2D eigenvalue weighted by Gasteiger charge is 2.21. The van der Waals surface area contributed by atoms with Crippen LogP contribution in [0.3, 0.4) is 0 Å². The van der Waals surface area contributed by atoms with E-state index in [1.807, 2.05) is 0 Å². The summed E-state index contributed by atoms with van der Waals surface area (Å²) in [4.78, 5) is 14.0. The number of rotatable bonds is 7. The van der Waals surface area contributed by atoms with Crippen LogP contribution in [0.5, 0.6) is 11.5 Å². The Balaban J connectivity index is 1.59. The first-order valence-electron chi connectivity index (χ1n) is 11.0. The molecule has 2 aromatic rings. The van der Waals surface area contributed by atoms with Crippen molar-refractivity contribution in [1.29, 1.82) is 0 Å². The van der Waals surface area contributed by atoms with Gasteiger partial charge in [0, 0.05) is 24.9 Å². The van der Waals surface area contributed by atoms with Crippen LogP contribution in [0, 0.1) is 0 Å². The first-order valence-corrected chi connectivity index (χ1v) is 12.5. The molecule has 3 N–H and O–H groups in total. The van der Waals surface area contributed by atoms with E-state index in [-0.39, 0.29) is 28.3 Å². The van der Waals surface area contributed by atoms with Crippen molar-refractivity contribution in [3.05, 3.63) is 66.3 Å². The van der Waals surface area contributed by atoms with Crippen LogP contribution >= 0.6 is 0 Å². The number of phenolic OH excluding ortho intramolecular Hbond substituents is 2. The van der Waals surface area contributed by atoms with Crippen LogP contribution in [0.25, 0.3) is 6.08 Å². The Morgan fingerprint density at radius 1 is 0.970 bits per heavy atom. The van der Waals surface area contributed by atoms with Crippen molar-refractivity contribution in [2.24, 2.45) is 0 Å². The summed E-state index contributed by atoms with van der Waals surface area (Å²) in [6, 6.07) is 10.7. The third-order valence-corrected chi connectivity index (χ3v) is 7.22. The van der Waals surface area contributed by atoms with Crippen molar-refractivity contribution in [2.45, 2.75) is 49.5 Å². The zero-order chi connectivity index (χ0) is 23.8. The van der Waals surface area contributed by atoms with Gasteiger partial charge >= 0.3 is 0 Å². The lowest BCUT2D eigenvalue weighted by molar-refractivity contribution is -0.113. The fraction of sp³-hybridized carbons (Fsp3) is 0.320. The fourth-order valence-electron chi connectivity index (χ4n) is 3.72. The van der Waals surface area contributed by atoms with E-state index in [1.54, 1.807) is 43.5 Å². The summed E-state index contributed by atoms with van der Waals surface area (Å²) in [5, 5.41) is 18.8. The number of anilines is 1. The van der Waals surface area contributed by atoms with Crippen molar-refractivity contribution in [3.63, 3.8) is 0 Å². The first kappa shape index (κ1) is 24.5. The van der Waals surface area contributed by atoms with Crippen molar-refractivity contribution in [1.82, 2.24) is 4.72 Å². The Morgan fingerprint density at radius 3 is 2.27 bits per heavy atom. The van der Waals surface area contributed by atoms with E-state index in [1.165, 1.54) is 35.2 Å². The lowest BCUT2D eigenvalue weighted by atomic mass is 10.1. The number of likely N-dealkylation sites (N-methyl/N-ethyl adjacent to an activating group) is 1. The second-order valence-corrected chi connectivity index (χ2v) is 9.88. The van der Waals surface area contributed by atoms with E-state index in [9.17, 15) is 23.4 Å². The lowest BCUT2D eigenvalue weighted by Crippen LogP contribution is -2.34. The predicted molar refractivity (Wildman–Crippen MR) is 130 cm³/mol. The molecule has 1 aliphatic rings. The molecule has 0 radical (unpaired) electrons. The number of hydrogen-bond donors (Lipinski definition) is 3. The van der Waals surface area contributed by atoms with Crippen LogP contribution in [0.2, 0.25) is 0 Å². The monoisotopic (exact) mass is 470 g/mol. The molecule has 8 heteroatoms. The highest BCUT2D eigenvalue weighted by Crippen LogP contribution is 2.25. The molecule has 0 spiro atoms. The maximum absolute atomic E-state index is 12.7. The Morgan fingerprint density at radius 2 is 1.64 bits per heavy atom. The van der Waals surface area contributed by atoms with Crippen LogP contribution < -0.4 is 9.62 Å². The maximum Gasteiger partial charge on any atom is 0.250 e. The van der Waals surface area contributed by atoms with Crippen molar-refractivity contribution < 1.29 is 23.4 Å². The molecule has 0 aliphatic heterocycles. The van der Waals surface area contributed by atoms with Gasteiger partial charge in [-0.2, -0.15) is 0 Å². The van der Waals surface area contributed by atoms with Crippen LogP contribution in [0.4, 0.5) is 5.69 Å². The molecule has 0 saturated heterocycles. The average Bonchev–Trinajstić information content (AvgIpc) is 3.06. The van der Waals surface area contributed by atoms with Gasteiger partial charge in [0.15, 0.2) is 11.5 Å². The quantitative estimate of drug-likeness (QED) is 0.242. The van der Waals surface area contributed by atoms with E-state index < -0.39 is 10.0 Å². The predicted octanol–water partition coefficient (Wildman–Crippen LogP) is 4.33. The van der Waals surface area contributed by atoms with Gasteiger partial charge in [-0.3, -0.25) is 4.79 Å². The maximum atomic E-state index is 12.7. The topological polar surface area (TPSA) is 107 Å². The lowest BCUT2D eigenvalue weighted by Gasteiger charge is -2.18. The molecular weight excluding hydrogens is 440 g/mol. The summed E-state index contributed by atoms with van der Waals surface area (Å²) in [6.07, 6.45) is 12.4. The molecule has 1 aliphatic carbocycles. The summed E-state index contributed by atoms with van der Waals surface area (Å²) in [6.45, 7) is 0. The normalized spacial score (nSPS) is 15.7. The van der Waals surface area contributed by atoms with Crippen molar-refractivity contribution in [3.8, 4) is 11.5 Å². The van der Waals surface area contributed by atoms with Gasteiger partial charge in [0.1, 0.15) is 0 Å². The molecule has 0 bridgehead atoms. The number of aromatic hydroxyl groups is 2. The van der Waals surface area contributed by atoms with Crippen molar-refractivity contribution in [2.75, 3.05) is 11.9 Å². The second-order valence-electron chi connectivity index (χ2n) is 8.17. The van der Waals surface area contributed by atoms with E-state index in [2.05, 4.69) is 4.72 Å². The number of allylic oxidation sites excluding steroid dienone is 2. The van der Waals surface area contributed by atoms with Gasteiger partial charge < -0.3 is 15.1 Å². The molecule has 0 atom stereocenters. The molecule has 33 heavy (non-hydrogen) atoms. The zero-order valence-electron chi connectivity index (χ0n) is 18.6. The summed E-state index contributed by atoms with van der Waals surface area (Å²) in [5.41, 5.74) is 1.25. The number of nitrogens with one attached hydrogen (secondary N) is 1. The largest absolute Gasteiger partial charge is 0.504 e. The summed E-state index contributed by atoms with van der Waals surface area (Å²) >= 11 is 0. The average molecular weight is 471 g/mol. The smallest absolute Gasteiger partial charge is 0.250 e. The van der Waals surface area contributed by atoms with Gasteiger partial charge in [-0.05, 0) is 54.8 Å². The highest BCUT2D eigenvalue weighted by atomic mass is 32.2. The number of amides is 1. The standard InChI is InChI=1S/C25H30N2O5S/c1-27(25(30)11-7-6-8-19-12-17-23(28)24(29)18-19)21-13-15-22(16-14-21)33(31,32)26-20-9-4-2-3-5-10-20/h6-8,11-18,20,26,28-29H,2-5,9-10H2,1H3. The minimum absolute atomic E-state index is 0.0230. The summed E-state index contributed by atoms with van der Waals surface area (Å²) < 4.78 is 28.3. The summed E-state index contributed by atoms with van der Waals surface area (Å²) in [5.74, 6) is -0.689. The SMILES string of the molecule is CN(C(=O)C=CC=Cc1ccc(O)c(O)c1)c1ccc(S(=O)(=O)NC2CCCCCC2)cc1. The molecule has 0 aromatic heterocycles. The number of carbonyl (C=O) groups excluding carboxylic acids is 1. The molecule has 176 valence electrons. The number of sulfonamides is 1. The molecular formula is C25H30N2O5S. The van der Waals surface area contributed by atoms with E-state index >= 15 is 0 Å². The third kappa shape index (κ3) is 6.94. The molecule has 2 aromatic carbocycles. The second kappa shape index (κ2) is 11.2. The van der Waals surface area contributed by atoms with E-state index in [0.29, 0.717) is 11.3 Å². The Labute approximate surface area is 195 Å². The van der Waals surface area contributed by atoms with Crippen LogP contribution in [0.15, 0.2) is 65.6 Å². The minimum atomic E-state index is -3.60. The van der Waals surface area contributed by atoms with E-state index in [4.69, 9.17) is 0 Å². The molecule has 1 fully saturated rings. The van der Waals surface area contributed by atoms with Gasteiger partial charge in [-0.25, -0.2) is 13.1 Å². The molecule has 7 nitrogen and oxygen atoms in total. The summed E-state index contributed by atoms with van der Waals surface area (Å²) in [7, 11) is -1.99. The van der Waals surface area contributed by atoms with Gasteiger partial charge in [-0.15, -0.1) is 0 Å². The van der Waals surface area contributed by atoms with Crippen molar-refractivity contribution >= 4 is 27.7 Å². The zero-order valence-corrected chi connectivity index (χ0v) is 19.5. The molecule has 0 unspecified atom stereocenters. The number of benzene rings is 2. The van der Waals surface area contributed by atoms with Crippen LogP contribution in [-0.2, 0) is 14.8 Å². The highest BCUT2D eigenvalue weighted by molar-refractivity contribution is 7.89. The van der Waals surface area contributed by atoms with Gasteiger partial charge in [-0.1, -0.05) is 50.0 Å². The Kier molecular flexibility index (Phi) is 8.30. The molecule has 3 rings (SSSR count). The fourth-order valence-corrected chi connectivity index (χ4v) is 5.03. The van der Waals surface area contributed by atoms with Gasteiger partial charge in [0.2, 0.25) is 10.0 Å². The van der Waals surface area contributed by atoms with Gasteiger partial charge in [0.05, 0.1) is 4.90 Å². The third-order valence-electron chi connectivity index (χ3n) is 5.68. The molecule has 0 heterocycles. The number of phenols is 2. The first-order chi connectivity index (χ1) is 15.8. The number of carbonyl (C=O) groups is 1. The van der Waals surface area contributed by atoms with E-state index in [0.717, 1.165) is 38.5 Å². The number of nitrogens with zero attached hydrogens (tertiary/aromatic N) is 1. The van der Waals surface area contributed by atoms with Crippen LogP contribution in [0.1, 0.15) is 44.1 Å². The molecule has 1 saturated carbocycles. The Hall–Kier alpha value is -3.10. The number of hydrogen-bond acceptors (Lipinski definition) is 5. The Bertz CT molecular complexity index is 1120.